The molecule has 0 spiro atoms. The van der Waals surface area contributed by atoms with Gasteiger partial charge in [-0.25, -0.2) is 0 Å². The normalized spacial score (nSPS) is 13.0. The molecule has 0 fully saturated rings. The summed E-state index contributed by atoms with van der Waals surface area (Å²) in [5, 5.41) is 5.59. The molecule has 1 rings (SSSR count). The van der Waals surface area contributed by atoms with Crippen LogP contribution in [0.25, 0.3) is 0 Å². The van der Waals surface area contributed by atoms with Crippen LogP contribution in [0.5, 0.6) is 0 Å². The molecule has 1 aromatic rings. The maximum absolute atomic E-state index is 5.66. The summed E-state index contributed by atoms with van der Waals surface area (Å²) in [7, 11) is 0. The molecule has 0 aromatic carbocycles. The van der Waals surface area contributed by atoms with Gasteiger partial charge in [-0.15, -0.1) is 22.9 Å². The van der Waals surface area contributed by atoms with Gasteiger partial charge < -0.3 is 5.32 Å². The average molecular weight is 232 g/mol. The van der Waals surface area contributed by atoms with Crippen LogP contribution in [-0.4, -0.2) is 19.0 Å². The lowest BCUT2D eigenvalue weighted by Gasteiger charge is -2.10. The third-order valence-electron chi connectivity index (χ3n) is 2.22. The lowest BCUT2D eigenvalue weighted by molar-refractivity contribution is 0.505. The summed E-state index contributed by atoms with van der Waals surface area (Å²) in [4.78, 5) is 1.46. The van der Waals surface area contributed by atoms with E-state index in [-0.39, 0.29) is 0 Å². The van der Waals surface area contributed by atoms with Crippen LogP contribution in [0.4, 0.5) is 0 Å². The summed E-state index contributed by atoms with van der Waals surface area (Å²) in [6.07, 6.45) is 2.25. The molecule has 0 aliphatic carbocycles. The molecule has 0 aliphatic heterocycles. The second-order valence-electron chi connectivity index (χ2n) is 3.62. The highest BCUT2D eigenvalue weighted by atomic mass is 35.5. The fourth-order valence-electron chi connectivity index (χ4n) is 1.30. The van der Waals surface area contributed by atoms with Crippen LogP contribution in [0.1, 0.15) is 18.2 Å². The predicted molar refractivity (Wildman–Crippen MR) is 65.4 cm³/mol. The summed E-state index contributed by atoms with van der Waals surface area (Å²) in [5.41, 5.74) is 0. The minimum Gasteiger partial charge on any atom is -0.316 e. The Kier molecular flexibility index (Phi) is 6.24. The van der Waals surface area contributed by atoms with Gasteiger partial charge in [0.2, 0.25) is 0 Å². The van der Waals surface area contributed by atoms with Crippen LogP contribution in [0.2, 0.25) is 0 Å². The highest BCUT2D eigenvalue weighted by Gasteiger charge is 2.00. The van der Waals surface area contributed by atoms with E-state index in [0.717, 1.165) is 31.8 Å². The Bertz CT molecular complexity index is 223. The van der Waals surface area contributed by atoms with Crippen molar-refractivity contribution in [3.05, 3.63) is 22.4 Å². The third-order valence-corrected chi connectivity index (χ3v) is 3.38. The number of hydrogen-bond acceptors (Lipinski definition) is 2. The van der Waals surface area contributed by atoms with Crippen molar-refractivity contribution in [3.63, 3.8) is 0 Å². The quantitative estimate of drug-likeness (QED) is 0.562. The first kappa shape index (κ1) is 12.0. The van der Waals surface area contributed by atoms with E-state index in [4.69, 9.17) is 11.6 Å². The van der Waals surface area contributed by atoms with Crippen LogP contribution in [0.15, 0.2) is 17.5 Å². The van der Waals surface area contributed by atoms with E-state index in [1.54, 1.807) is 0 Å². The Morgan fingerprint density at radius 3 is 3.07 bits per heavy atom. The molecule has 0 saturated heterocycles. The Morgan fingerprint density at radius 2 is 2.43 bits per heavy atom. The van der Waals surface area contributed by atoms with Crippen molar-refractivity contribution in [2.75, 3.05) is 19.0 Å². The van der Waals surface area contributed by atoms with Crippen molar-refractivity contribution in [2.45, 2.75) is 19.8 Å². The van der Waals surface area contributed by atoms with Crippen LogP contribution < -0.4 is 5.32 Å². The van der Waals surface area contributed by atoms with Gasteiger partial charge in [0.1, 0.15) is 0 Å². The van der Waals surface area contributed by atoms with Gasteiger partial charge in [-0.05, 0) is 43.3 Å². The second kappa shape index (κ2) is 7.27. The van der Waals surface area contributed by atoms with E-state index in [2.05, 4.69) is 29.8 Å². The fourth-order valence-corrected chi connectivity index (χ4v) is 2.38. The van der Waals surface area contributed by atoms with Gasteiger partial charge in [0.25, 0.3) is 0 Å². The summed E-state index contributed by atoms with van der Waals surface area (Å²) < 4.78 is 0. The largest absolute Gasteiger partial charge is 0.316 e. The topological polar surface area (TPSA) is 12.0 Å². The molecule has 3 heteroatoms. The molecule has 0 bridgehead atoms. The molecule has 0 aliphatic rings. The highest BCUT2D eigenvalue weighted by molar-refractivity contribution is 7.09. The van der Waals surface area contributed by atoms with Gasteiger partial charge in [0.15, 0.2) is 0 Å². The van der Waals surface area contributed by atoms with Crippen molar-refractivity contribution < 1.29 is 0 Å². The number of rotatable bonds is 7. The monoisotopic (exact) mass is 231 g/mol. The van der Waals surface area contributed by atoms with Crippen LogP contribution in [-0.2, 0) is 6.42 Å². The summed E-state index contributed by atoms with van der Waals surface area (Å²) in [6.45, 7) is 4.39. The Balaban J connectivity index is 1.99. The summed E-state index contributed by atoms with van der Waals surface area (Å²) >= 11 is 7.50. The van der Waals surface area contributed by atoms with E-state index in [1.165, 1.54) is 4.88 Å². The Hall–Kier alpha value is -0.0500. The van der Waals surface area contributed by atoms with Crippen molar-refractivity contribution in [1.82, 2.24) is 5.32 Å². The van der Waals surface area contributed by atoms with E-state index in [9.17, 15) is 0 Å². The molecule has 14 heavy (non-hydrogen) atoms. The summed E-state index contributed by atoms with van der Waals surface area (Å²) in [5.74, 6) is 1.46. The van der Waals surface area contributed by atoms with Gasteiger partial charge in [-0.2, -0.15) is 0 Å². The number of nitrogens with one attached hydrogen (secondary N) is 1. The molecule has 0 amide bonds. The first-order valence-electron chi connectivity index (χ1n) is 5.12. The van der Waals surface area contributed by atoms with Crippen LogP contribution in [0.3, 0.4) is 0 Å². The SMILES string of the molecule is CC(CCCl)CNCCc1cccs1. The molecule has 1 unspecified atom stereocenters. The maximum Gasteiger partial charge on any atom is 0.0226 e. The zero-order valence-electron chi connectivity index (χ0n) is 8.63. The van der Waals surface area contributed by atoms with Crippen LogP contribution >= 0.6 is 22.9 Å². The van der Waals surface area contributed by atoms with Crippen LogP contribution in [0, 0.1) is 5.92 Å². The van der Waals surface area contributed by atoms with Crippen molar-refractivity contribution in [2.24, 2.45) is 5.92 Å². The minimum atomic E-state index is 0.691. The molecular weight excluding hydrogens is 214 g/mol. The van der Waals surface area contributed by atoms with Gasteiger partial charge in [0, 0.05) is 10.8 Å². The van der Waals surface area contributed by atoms with Gasteiger partial charge in [-0.1, -0.05) is 13.0 Å². The molecule has 1 nitrogen and oxygen atoms in total. The van der Waals surface area contributed by atoms with E-state index >= 15 is 0 Å². The smallest absolute Gasteiger partial charge is 0.0226 e. The average Bonchev–Trinajstić information content (AvgIpc) is 2.65. The van der Waals surface area contributed by atoms with Crippen molar-refractivity contribution in [3.8, 4) is 0 Å². The molecule has 1 atom stereocenters. The predicted octanol–water partition coefficient (Wildman–Crippen LogP) is 3.15. The molecule has 1 aromatic heterocycles. The maximum atomic E-state index is 5.66. The van der Waals surface area contributed by atoms with E-state index in [0.29, 0.717) is 5.92 Å². The minimum absolute atomic E-state index is 0.691. The number of alkyl halides is 1. The lowest BCUT2D eigenvalue weighted by Crippen LogP contribution is -2.23. The van der Waals surface area contributed by atoms with Gasteiger partial charge in [0.05, 0.1) is 0 Å². The highest BCUT2D eigenvalue weighted by Crippen LogP contribution is 2.08. The molecule has 80 valence electrons. The molecule has 0 saturated carbocycles. The van der Waals surface area contributed by atoms with Gasteiger partial charge in [-0.3, -0.25) is 0 Å². The van der Waals surface area contributed by atoms with Crippen molar-refractivity contribution in [1.29, 1.82) is 0 Å². The molecule has 1 N–H and O–H groups in total. The fraction of sp³-hybridized carbons (Fsp3) is 0.636. The molecular formula is C11H18ClNS. The van der Waals surface area contributed by atoms with E-state index < -0.39 is 0 Å². The standard InChI is InChI=1S/C11H18ClNS/c1-10(4-6-12)9-13-7-5-11-3-2-8-14-11/h2-3,8,10,13H,4-7,9H2,1H3. The summed E-state index contributed by atoms with van der Waals surface area (Å²) in [6, 6.07) is 4.30. The Morgan fingerprint density at radius 1 is 1.57 bits per heavy atom. The third kappa shape index (κ3) is 4.99. The first-order chi connectivity index (χ1) is 6.83. The number of halogens is 1. The Labute approximate surface area is 95.5 Å². The van der Waals surface area contributed by atoms with Crippen molar-refractivity contribution >= 4 is 22.9 Å². The zero-order valence-corrected chi connectivity index (χ0v) is 10.2. The lowest BCUT2D eigenvalue weighted by atomic mass is 10.1. The first-order valence-corrected chi connectivity index (χ1v) is 6.53. The van der Waals surface area contributed by atoms with Gasteiger partial charge >= 0.3 is 0 Å². The number of thiophene rings is 1. The van der Waals surface area contributed by atoms with E-state index in [1.807, 2.05) is 11.3 Å². The number of hydrogen-bond donors (Lipinski definition) is 1. The zero-order chi connectivity index (χ0) is 10.2. The second-order valence-corrected chi connectivity index (χ2v) is 5.03. The molecule has 0 radical (unpaired) electrons. The molecule has 1 heterocycles.